The summed E-state index contributed by atoms with van der Waals surface area (Å²) in [6.45, 7) is 5.12. The molecule has 0 unspecified atom stereocenters. The van der Waals surface area contributed by atoms with E-state index in [0.29, 0.717) is 45.0 Å². The van der Waals surface area contributed by atoms with Crippen LogP contribution in [0.15, 0.2) is 5.38 Å². The summed E-state index contributed by atoms with van der Waals surface area (Å²) in [5.74, 6) is -0.0182. The lowest BCUT2D eigenvalue weighted by Gasteiger charge is -2.21. The second-order valence-electron chi connectivity index (χ2n) is 8.47. The summed E-state index contributed by atoms with van der Waals surface area (Å²) in [6, 6.07) is 0. The Morgan fingerprint density at radius 3 is 2.24 bits per heavy atom. The second-order valence-corrected chi connectivity index (χ2v) is 9.41. The average molecular weight is 484 g/mol. The topological polar surface area (TPSA) is 80.8 Å². The molecule has 33 heavy (non-hydrogen) atoms. The lowest BCUT2D eigenvalue weighted by molar-refractivity contribution is -0.132. The molecule has 8 heteroatoms. The molecule has 0 atom stereocenters. The van der Waals surface area contributed by atoms with Gasteiger partial charge in [-0.05, 0) is 19.3 Å². The third-order valence-electron chi connectivity index (χ3n) is 5.54. The van der Waals surface area contributed by atoms with E-state index in [1.54, 1.807) is 19.6 Å². The van der Waals surface area contributed by atoms with Gasteiger partial charge in [0.1, 0.15) is 10.7 Å². The standard InChI is InChI=1S/C25H45N3O4S/c1-4-5-6-7-8-9-10-11-12-15-24(29)28(17-14-19-32-3)20-23-27-22(21-33-23)25(30)26-16-13-18-31-2/h21H,4-20H2,1-3H3,(H,26,30). The number of carbonyl (C=O) groups excluding carboxylic acids is 2. The number of hydrogen-bond donors (Lipinski definition) is 1. The molecule has 2 amide bonds. The maximum atomic E-state index is 12.9. The van der Waals surface area contributed by atoms with Crippen LogP contribution >= 0.6 is 11.3 Å². The molecular formula is C25H45N3O4S. The number of ether oxygens (including phenoxy) is 2. The second kappa shape index (κ2) is 19.9. The van der Waals surface area contributed by atoms with Crippen LogP contribution in [-0.2, 0) is 20.8 Å². The monoisotopic (exact) mass is 483 g/mol. The van der Waals surface area contributed by atoms with Crippen LogP contribution in [0.1, 0.15) is 99.5 Å². The van der Waals surface area contributed by atoms with Gasteiger partial charge in [-0.15, -0.1) is 11.3 Å². The molecule has 1 rings (SSSR count). The molecule has 0 saturated carbocycles. The number of hydrogen-bond acceptors (Lipinski definition) is 6. The minimum atomic E-state index is -0.180. The summed E-state index contributed by atoms with van der Waals surface area (Å²) in [5, 5.41) is 5.40. The van der Waals surface area contributed by atoms with Gasteiger partial charge in [-0.1, -0.05) is 58.3 Å². The molecular weight excluding hydrogens is 438 g/mol. The molecule has 1 aromatic heterocycles. The van der Waals surface area contributed by atoms with Crippen molar-refractivity contribution >= 4 is 23.2 Å². The number of nitrogens with one attached hydrogen (secondary N) is 1. The lowest BCUT2D eigenvalue weighted by Crippen LogP contribution is -2.32. The highest BCUT2D eigenvalue weighted by Crippen LogP contribution is 2.16. The van der Waals surface area contributed by atoms with Crippen molar-refractivity contribution in [2.45, 2.75) is 90.5 Å². The van der Waals surface area contributed by atoms with Crippen LogP contribution in [0.25, 0.3) is 0 Å². The molecule has 0 aliphatic carbocycles. The van der Waals surface area contributed by atoms with Gasteiger partial charge in [-0.3, -0.25) is 9.59 Å². The Labute approximate surface area is 204 Å². The van der Waals surface area contributed by atoms with Gasteiger partial charge in [0.05, 0.1) is 6.54 Å². The largest absolute Gasteiger partial charge is 0.385 e. The predicted octanol–water partition coefficient (Wildman–Crippen LogP) is 5.20. The first-order chi connectivity index (χ1) is 16.1. The summed E-state index contributed by atoms with van der Waals surface area (Å²) >= 11 is 1.43. The van der Waals surface area contributed by atoms with Crippen LogP contribution in [0.5, 0.6) is 0 Å². The van der Waals surface area contributed by atoms with E-state index in [1.807, 2.05) is 4.90 Å². The number of unbranched alkanes of at least 4 members (excludes halogenated alkanes) is 8. The number of carbonyl (C=O) groups is 2. The highest BCUT2D eigenvalue weighted by molar-refractivity contribution is 7.09. The summed E-state index contributed by atoms with van der Waals surface area (Å²) < 4.78 is 10.2. The fourth-order valence-corrected chi connectivity index (χ4v) is 4.39. The molecule has 7 nitrogen and oxygen atoms in total. The molecule has 1 heterocycles. The summed E-state index contributed by atoms with van der Waals surface area (Å²) in [7, 11) is 3.32. The number of nitrogens with zero attached hydrogens (tertiary/aromatic N) is 2. The van der Waals surface area contributed by atoms with E-state index in [4.69, 9.17) is 9.47 Å². The lowest BCUT2D eigenvalue weighted by atomic mass is 10.1. The number of aromatic nitrogens is 1. The fourth-order valence-electron chi connectivity index (χ4n) is 3.60. The molecule has 0 saturated heterocycles. The maximum Gasteiger partial charge on any atom is 0.270 e. The van der Waals surface area contributed by atoms with Gasteiger partial charge in [-0.25, -0.2) is 4.98 Å². The van der Waals surface area contributed by atoms with Gasteiger partial charge < -0.3 is 19.7 Å². The summed E-state index contributed by atoms with van der Waals surface area (Å²) in [4.78, 5) is 31.4. The highest BCUT2D eigenvalue weighted by Gasteiger charge is 2.17. The predicted molar refractivity (Wildman–Crippen MR) is 135 cm³/mol. The van der Waals surface area contributed by atoms with Crippen LogP contribution in [0, 0.1) is 0 Å². The van der Waals surface area contributed by atoms with E-state index < -0.39 is 0 Å². The first kappa shape index (κ1) is 29.5. The van der Waals surface area contributed by atoms with Gasteiger partial charge in [0.2, 0.25) is 5.91 Å². The van der Waals surface area contributed by atoms with E-state index >= 15 is 0 Å². The van der Waals surface area contributed by atoms with Crippen LogP contribution < -0.4 is 5.32 Å². The zero-order valence-electron chi connectivity index (χ0n) is 21.0. The van der Waals surface area contributed by atoms with Crippen molar-refractivity contribution in [3.63, 3.8) is 0 Å². The van der Waals surface area contributed by atoms with Gasteiger partial charge in [0, 0.05) is 52.3 Å². The van der Waals surface area contributed by atoms with E-state index in [0.717, 1.165) is 30.7 Å². The Morgan fingerprint density at radius 2 is 1.58 bits per heavy atom. The van der Waals surface area contributed by atoms with Crippen LogP contribution in [-0.4, -0.2) is 62.2 Å². The first-order valence-electron chi connectivity index (χ1n) is 12.6. The van der Waals surface area contributed by atoms with Crippen molar-refractivity contribution in [1.82, 2.24) is 15.2 Å². The van der Waals surface area contributed by atoms with E-state index in [-0.39, 0.29) is 11.8 Å². The number of methoxy groups -OCH3 is 2. The van der Waals surface area contributed by atoms with Gasteiger partial charge in [0.25, 0.3) is 5.91 Å². The first-order valence-corrected chi connectivity index (χ1v) is 13.5. The molecule has 0 aliphatic rings. The van der Waals surface area contributed by atoms with Crippen molar-refractivity contribution in [3.05, 3.63) is 16.1 Å². The minimum absolute atomic E-state index is 0.162. The molecule has 190 valence electrons. The summed E-state index contributed by atoms with van der Waals surface area (Å²) in [6.07, 6.45) is 13.3. The number of thiazole rings is 1. The fraction of sp³-hybridized carbons (Fsp3) is 0.800. The normalized spacial score (nSPS) is 11.0. The SMILES string of the molecule is CCCCCCCCCCCC(=O)N(CCCOC)Cc1nc(C(=O)NCCCOC)cs1. The van der Waals surface area contributed by atoms with Crippen LogP contribution in [0.3, 0.4) is 0 Å². The Morgan fingerprint density at radius 1 is 0.939 bits per heavy atom. The highest BCUT2D eigenvalue weighted by atomic mass is 32.1. The Balaban J connectivity index is 2.43. The third kappa shape index (κ3) is 14.4. The van der Waals surface area contributed by atoms with Gasteiger partial charge in [0.15, 0.2) is 0 Å². The van der Waals surface area contributed by atoms with Gasteiger partial charge >= 0.3 is 0 Å². The molecule has 1 aromatic rings. The Bertz CT molecular complexity index is 639. The molecule has 0 bridgehead atoms. The van der Waals surface area contributed by atoms with Crippen LogP contribution in [0.4, 0.5) is 0 Å². The Hall–Kier alpha value is -1.51. The smallest absolute Gasteiger partial charge is 0.270 e. The van der Waals surface area contributed by atoms with E-state index in [1.165, 1.54) is 56.3 Å². The van der Waals surface area contributed by atoms with Crippen molar-refractivity contribution in [2.75, 3.05) is 40.5 Å². The molecule has 0 radical (unpaired) electrons. The van der Waals surface area contributed by atoms with Gasteiger partial charge in [-0.2, -0.15) is 0 Å². The molecule has 0 fully saturated rings. The van der Waals surface area contributed by atoms with E-state index in [9.17, 15) is 9.59 Å². The van der Waals surface area contributed by atoms with Crippen molar-refractivity contribution in [3.8, 4) is 0 Å². The third-order valence-corrected chi connectivity index (χ3v) is 6.38. The van der Waals surface area contributed by atoms with Crippen molar-refractivity contribution < 1.29 is 19.1 Å². The zero-order chi connectivity index (χ0) is 24.2. The van der Waals surface area contributed by atoms with Crippen molar-refractivity contribution in [2.24, 2.45) is 0 Å². The van der Waals surface area contributed by atoms with Crippen LogP contribution in [0.2, 0.25) is 0 Å². The Kier molecular flexibility index (Phi) is 17.8. The molecule has 0 spiro atoms. The van der Waals surface area contributed by atoms with E-state index in [2.05, 4.69) is 17.2 Å². The minimum Gasteiger partial charge on any atom is -0.385 e. The quantitative estimate of drug-likeness (QED) is 0.243. The maximum absolute atomic E-state index is 12.9. The summed E-state index contributed by atoms with van der Waals surface area (Å²) in [5.41, 5.74) is 0.413. The molecule has 1 N–H and O–H groups in total. The molecule has 0 aliphatic heterocycles. The zero-order valence-corrected chi connectivity index (χ0v) is 21.9. The molecule has 0 aromatic carbocycles. The number of amides is 2. The number of rotatable bonds is 21. The van der Waals surface area contributed by atoms with Crippen molar-refractivity contribution in [1.29, 1.82) is 0 Å². The average Bonchev–Trinajstić information content (AvgIpc) is 3.29.